The van der Waals surface area contributed by atoms with E-state index < -0.39 is 23.7 Å². The molecule has 1 aliphatic heterocycles. The summed E-state index contributed by atoms with van der Waals surface area (Å²) in [5, 5.41) is 11.3. The van der Waals surface area contributed by atoms with Crippen molar-refractivity contribution >= 4 is 39.9 Å². The summed E-state index contributed by atoms with van der Waals surface area (Å²) in [5.41, 5.74) is 0.473. The van der Waals surface area contributed by atoms with Crippen LogP contribution in [0.15, 0.2) is 65.3 Å². The number of carbonyl (C=O) groups excluding carboxylic acids is 3. The van der Waals surface area contributed by atoms with Crippen LogP contribution in [-0.2, 0) is 14.3 Å². The van der Waals surface area contributed by atoms with E-state index in [4.69, 9.17) is 13.9 Å². The van der Waals surface area contributed by atoms with Gasteiger partial charge in [-0.2, -0.15) is 0 Å². The zero-order valence-corrected chi connectivity index (χ0v) is 19.8. The average molecular weight is 495 g/mol. The molecule has 1 saturated heterocycles. The van der Waals surface area contributed by atoms with Crippen LogP contribution < -0.4 is 9.64 Å². The van der Waals surface area contributed by atoms with Crippen molar-refractivity contribution in [2.45, 2.75) is 19.9 Å². The third-order valence-electron chi connectivity index (χ3n) is 5.18. The highest BCUT2D eigenvalue weighted by molar-refractivity contribution is 7.17. The molecule has 9 nitrogen and oxygen atoms in total. The number of hydrogen-bond acceptors (Lipinski definition) is 9. The molecular formula is C25H22N2O7S. The fourth-order valence-electron chi connectivity index (χ4n) is 3.68. The van der Waals surface area contributed by atoms with E-state index in [9.17, 15) is 19.5 Å². The lowest BCUT2D eigenvalue weighted by molar-refractivity contribution is -0.132. The zero-order chi connectivity index (χ0) is 25.1. The number of carbonyl (C=O) groups is 3. The van der Waals surface area contributed by atoms with Gasteiger partial charge in [-0.25, -0.2) is 9.78 Å². The number of aliphatic hydroxyl groups excluding tert-OH is 1. The number of furan rings is 1. The summed E-state index contributed by atoms with van der Waals surface area (Å²) < 4.78 is 16.1. The summed E-state index contributed by atoms with van der Waals surface area (Å²) >= 11 is 0.908. The second-order valence-corrected chi connectivity index (χ2v) is 8.42. The predicted molar refractivity (Wildman–Crippen MR) is 128 cm³/mol. The van der Waals surface area contributed by atoms with Crippen molar-refractivity contribution in [3.05, 3.63) is 82.8 Å². The molecule has 180 valence electrons. The highest BCUT2D eigenvalue weighted by Gasteiger charge is 2.49. The van der Waals surface area contributed by atoms with Crippen LogP contribution >= 0.6 is 11.3 Å². The highest BCUT2D eigenvalue weighted by Crippen LogP contribution is 2.44. The topological polar surface area (TPSA) is 119 Å². The minimum atomic E-state index is -1.09. The third kappa shape index (κ3) is 4.47. The first-order chi connectivity index (χ1) is 16.9. The number of aromatic nitrogens is 1. The Labute approximate surface area is 204 Å². The van der Waals surface area contributed by atoms with Crippen LogP contribution in [0.5, 0.6) is 5.75 Å². The number of amides is 1. The van der Waals surface area contributed by atoms with E-state index in [0.29, 0.717) is 23.6 Å². The minimum absolute atomic E-state index is 0.0171. The SMILES string of the molecule is C=CCOC(=O)c1sc(N2C(=O)C(=O)C(=C(O)c3cccc(OCC)c3)C2c2ccco2)nc1C. The molecule has 3 aromatic rings. The minimum Gasteiger partial charge on any atom is -0.507 e. The van der Waals surface area contributed by atoms with Gasteiger partial charge in [-0.05, 0) is 38.1 Å². The second-order valence-electron chi connectivity index (χ2n) is 7.44. The summed E-state index contributed by atoms with van der Waals surface area (Å²) in [5.74, 6) is -2.07. The van der Waals surface area contributed by atoms with Crippen molar-refractivity contribution < 1.29 is 33.4 Å². The predicted octanol–water partition coefficient (Wildman–Crippen LogP) is 4.41. The Balaban J connectivity index is 1.83. The summed E-state index contributed by atoms with van der Waals surface area (Å²) in [6.07, 6.45) is 2.83. The van der Waals surface area contributed by atoms with E-state index >= 15 is 0 Å². The van der Waals surface area contributed by atoms with Crippen LogP contribution in [0.2, 0.25) is 0 Å². The monoisotopic (exact) mass is 494 g/mol. The number of benzene rings is 1. The van der Waals surface area contributed by atoms with Crippen LogP contribution in [0, 0.1) is 6.92 Å². The lowest BCUT2D eigenvalue weighted by atomic mass is 9.99. The van der Waals surface area contributed by atoms with Gasteiger partial charge in [-0.3, -0.25) is 14.5 Å². The largest absolute Gasteiger partial charge is 0.507 e. The van der Waals surface area contributed by atoms with Gasteiger partial charge in [0, 0.05) is 5.56 Å². The van der Waals surface area contributed by atoms with Crippen molar-refractivity contribution in [3.63, 3.8) is 0 Å². The third-order valence-corrected chi connectivity index (χ3v) is 6.32. The molecule has 0 bridgehead atoms. The van der Waals surface area contributed by atoms with Gasteiger partial charge in [-0.1, -0.05) is 36.1 Å². The van der Waals surface area contributed by atoms with Crippen molar-refractivity contribution in [1.82, 2.24) is 4.98 Å². The standard InChI is InChI=1S/C25H22N2O7S/c1-4-11-34-24(31)22-14(3)26-25(35-22)27-19(17-10-7-12-33-17)18(21(29)23(27)30)20(28)15-8-6-9-16(13-15)32-5-2/h4,6-10,12-13,19,28H,1,5,11H2,2-3H3. The molecule has 3 heterocycles. The molecule has 1 fully saturated rings. The van der Waals surface area contributed by atoms with Gasteiger partial charge in [0.05, 0.1) is 24.1 Å². The van der Waals surface area contributed by atoms with E-state index in [1.54, 1.807) is 43.3 Å². The quantitative estimate of drug-likeness (QED) is 0.161. The van der Waals surface area contributed by atoms with Crippen LogP contribution in [0.4, 0.5) is 5.13 Å². The molecule has 1 unspecified atom stereocenters. The van der Waals surface area contributed by atoms with Gasteiger partial charge < -0.3 is 19.0 Å². The molecule has 0 aliphatic carbocycles. The van der Waals surface area contributed by atoms with Crippen molar-refractivity contribution in [2.75, 3.05) is 18.1 Å². The number of rotatable bonds is 8. The summed E-state index contributed by atoms with van der Waals surface area (Å²) in [4.78, 5) is 44.4. The molecular weight excluding hydrogens is 472 g/mol. The van der Waals surface area contributed by atoms with E-state index in [1.807, 2.05) is 6.92 Å². The Morgan fingerprint density at radius 2 is 2.11 bits per heavy atom. The fourth-order valence-corrected chi connectivity index (χ4v) is 4.66. The highest BCUT2D eigenvalue weighted by atomic mass is 32.1. The van der Waals surface area contributed by atoms with Gasteiger partial charge in [-0.15, -0.1) is 0 Å². The molecule has 0 radical (unpaired) electrons. The first-order valence-corrected chi connectivity index (χ1v) is 11.5. The maximum Gasteiger partial charge on any atom is 0.350 e. The van der Waals surface area contributed by atoms with Gasteiger partial charge >= 0.3 is 11.9 Å². The molecule has 1 aromatic carbocycles. The van der Waals surface area contributed by atoms with Gasteiger partial charge in [0.25, 0.3) is 5.78 Å². The maximum absolute atomic E-state index is 13.2. The molecule has 1 aliphatic rings. The van der Waals surface area contributed by atoms with E-state index in [0.717, 1.165) is 16.2 Å². The Bertz CT molecular complexity index is 1320. The molecule has 1 atom stereocenters. The number of anilines is 1. The van der Waals surface area contributed by atoms with Gasteiger partial charge in [0.15, 0.2) is 5.13 Å². The Kier molecular flexibility index (Phi) is 6.83. The maximum atomic E-state index is 13.2. The number of nitrogens with zero attached hydrogens (tertiary/aromatic N) is 2. The van der Waals surface area contributed by atoms with Crippen LogP contribution in [0.25, 0.3) is 5.76 Å². The van der Waals surface area contributed by atoms with Crippen LogP contribution in [-0.4, -0.2) is 41.0 Å². The molecule has 10 heteroatoms. The van der Waals surface area contributed by atoms with Crippen molar-refractivity contribution in [2.24, 2.45) is 0 Å². The molecule has 35 heavy (non-hydrogen) atoms. The molecule has 2 aromatic heterocycles. The zero-order valence-electron chi connectivity index (χ0n) is 19.0. The van der Waals surface area contributed by atoms with Crippen LogP contribution in [0.3, 0.4) is 0 Å². The lowest BCUT2D eigenvalue weighted by Gasteiger charge is -2.20. The smallest absolute Gasteiger partial charge is 0.350 e. The molecule has 0 spiro atoms. The normalized spacial score (nSPS) is 17.0. The fraction of sp³-hybridized carbons (Fsp3) is 0.200. The number of ketones is 1. The number of esters is 1. The number of aryl methyl sites for hydroxylation is 1. The molecule has 1 amide bonds. The molecule has 4 rings (SSSR count). The number of Topliss-reactive ketones (excluding diaryl/α,β-unsaturated/α-hetero) is 1. The van der Waals surface area contributed by atoms with E-state index in [2.05, 4.69) is 11.6 Å². The van der Waals surface area contributed by atoms with Gasteiger partial charge in [0.2, 0.25) is 0 Å². The first kappa shape index (κ1) is 24.0. The van der Waals surface area contributed by atoms with Gasteiger partial charge in [0.1, 0.15) is 34.8 Å². The molecule has 0 saturated carbocycles. The van der Waals surface area contributed by atoms with Crippen molar-refractivity contribution in [3.8, 4) is 5.75 Å². The summed E-state index contributed by atoms with van der Waals surface area (Å²) in [7, 11) is 0. The number of aliphatic hydroxyl groups is 1. The number of thiazole rings is 1. The Hall–Kier alpha value is -4.18. The Morgan fingerprint density at radius 1 is 1.31 bits per heavy atom. The lowest BCUT2D eigenvalue weighted by Crippen LogP contribution is -2.29. The number of ether oxygens (including phenoxy) is 2. The van der Waals surface area contributed by atoms with Crippen molar-refractivity contribution in [1.29, 1.82) is 0 Å². The average Bonchev–Trinajstić information content (AvgIpc) is 3.57. The summed E-state index contributed by atoms with van der Waals surface area (Å²) in [6, 6.07) is 8.67. The van der Waals surface area contributed by atoms with Crippen LogP contribution in [0.1, 0.15) is 39.7 Å². The van der Waals surface area contributed by atoms with E-state index in [-0.39, 0.29) is 33.7 Å². The second kappa shape index (κ2) is 9.98. The number of hydrogen-bond donors (Lipinski definition) is 1. The summed E-state index contributed by atoms with van der Waals surface area (Å²) in [6.45, 7) is 7.37. The van der Waals surface area contributed by atoms with E-state index in [1.165, 1.54) is 12.3 Å². The molecule has 1 N–H and O–H groups in total. The Morgan fingerprint density at radius 3 is 2.80 bits per heavy atom. The first-order valence-electron chi connectivity index (χ1n) is 10.7.